The van der Waals surface area contributed by atoms with Gasteiger partial charge in [-0.1, -0.05) is 19.8 Å². The zero-order chi connectivity index (χ0) is 14.8. The standard InChI is InChI=1S/C15H20FN5/c1-10-3-2-4-11(5-10)9-21-15(18-19-20-21)12-6-13(16)8-14(17)7-12/h6-8,10-11H,2-5,9,17H2,1H3. The molecule has 0 amide bonds. The van der Waals surface area contributed by atoms with Crippen molar-refractivity contribution < 1.29 is 4.39 Å². The van der Waals surface area contributed by atoms with E-state index in [0.29, 0.717) is 23.0 Å². The molecule has 1 aromatic heterocycles. The Balaban J connectivity index is 1.83. The molecular formula is C15H20FN5. The Morgan fingerprint density at radius 2 is 2.19 bits per heavy atom. The molecule has 112 valence electrons. The van der Waals surface area contributed by atoms with Crippen molar-refractivity contribution in [3.63, 3.8) is 0 Å². The summed E-state index contributed by atoms with van der Waals surface area (Å²) in [4.78, 5) is 0. The summed E-state index contributed by atoms with van der Waals surface area (Å²) in [5, 5.41) is 11.8. The Morgan fingerprint density at radius 1 is 1.33 bits per heavy atom. The molecule has 21 heavy (non-hydrogen) atoms. The van der Waals surface area contributed by atoms with Crippen LogP contribution < -0.4 is 5.73 Å². The lowest BCUT2D eigenvalue weighted by atomic mass is 9.82. The highest BCUT2D eigenvalue weighted by molar-refractivity contribution is 5.61. The second kappa shape index (κ2) is 5.79. The molecule has 1 fully saturated rings. The third-order valence-corrected chi connectivity index (χ3v) is 4.19. The second-order valence-corrected chi connectivity index (χ2v) is 6.10. The number of anilines is 1. The molecule has 1 aromatic carbocycles. The third kappa shape index (κ3) is 3.20. The molecule has 0 aliphatic heterocycles. The van der Waals surface area contributed by atoms with Gasteiger partial charge >= 0.3 is 0 Å². The van der Waals surface area contributed by atoms with Gasteiger partial charge in [-0.3, -0.25) is 0 Å². The number of nitrogens with two attached hydrogens (primary N) is 1. The van der Waals surface area contributed by atoms with Crippen molar-refractivity contribution >= 4 is 5.69 Å². The molecule has 6 heteroatoms. The van der Waals surface area contributed by atoms with Crippen LogP contribution in [0.15, 0.2) is 18.2 Å². The van der Waals surface area contributed by atoms with Crippen molar-refractivity contribution in [2.24, 2.45) is 11.8 Å². The molecule has 0 spiro atoms. The van der Waals surface area contributed by atoms with Gasteiger partial charge in [0.2, 0.25) is 0 Å². The van der Waals surface area contributed by atoms with Gasteiger partial charge in [0.1, 0.15) is 5.82 Å². The average Bonchev–Trinajstić information content (AvgIpc) is 2.85. The van der Waals surface area contributed by atoms with Crippen LogP contribution in [0.3, 0.4) is 0 Å². The molecule has 1 aliphatic carbocycles. The predicted octanol–water partition coefficient (Wildman–Crippen LogP) is 2.89. The van der Waals surface area contributed by atoms with Crippen molar-refractivity contribution in [1.82, 2.24) is 20.2 Å². The molecular weight excluding hydrogens is 269 g/mol. The van der Waals surface area contributed by atoms with E-state index < -0.39 is 0 Å². The van der Waals surface area contributed by atoms with Gasteiger partial charge < -0.3 is 5.73 Å². The van der Waals surface area contributed by atoms with Gasteiger partial charge in [-0.05, 0) is 53.3 Å². The summed E-state index contributed by atoms with van der Waals surface area (Å²) in [5.74, 6) is 1.56. The first-order valence-corrected chi connectivity index (χ1v) is 7.44. The lowest BCUT2D eigenvalue weighted by Gasteiger charge is -2.26. The van der Waals surface area contributed by atoms with Crippen LogP contribution in [-0.2, 0) is 6.54 Å². The largest absolute Gasteiger partial charge is 0.399 e. The first kappa shape index (κ1) is 14.0. The van der Waals surface area contributed by atoms with Crippen molar-refractivity contribution in [3.8, 4) is 11.4 Å². The maximum absolute atomic E-state index is 13.5. The number of aromatic nitrogens is 4. The van der Waals surface area contributed by atoms with E-state index in [2.05, 4.69) is 22.4 Å². The van der Waals surface area contributed by atoms with Gasteiger partial charge in [0.25, 0.3) is 0 Å². The molecule has 2 N–H and O–H groups in total. The quantitative estimate of drug-likeness (QED) is 0.882. The second-order valence-electron chi connectivity index (χ2n) is 6.10. The Hall–Kier alpha value is -1.98. The molecule has 0 radical (unpaired) electrons. The molecule has 1 saturated carbocycles. The van der Waals surface area contributed by atoms with Gasteiger partial charge in [0, 0.05) is 17.8 Å². The van der Waals surface area contributed by atoms with Crippen LogP contribution in [0, 0.1) is 17.7 Å². The van der Waals surface area contributed by atoms with E-state index in [0.717, 1.165) is 12.5 Å². The number of hydrogen-bond acceptors (Lipinski definition) is 4. The van der Waals surface area contributed by atoms with Crippen LogP contribution >= 0.6 is 0 Å². The Morgan fingerprint density at radius 3 is 2.95 bits per heavy atom. The van der Waals surface area contributed by atoms with Gasteiger partial charge in [0.15, 0.2) is 5.82 Å². The molecule has 2 atom stereocenters. The summed E-state index contributed by atoms with van der Waals surface area (Å²) in [6.45, 7) is 3.07. The molecule has 1 heterocycles. The number of tetrazole rings is 1. The van der Waals surface area contributed by atoms with Gasteiger partial charge in [-0.15, -0.1) is 5.10 Å². The number of halogens is 1. The lowest BCUT2D eigenvalue weighted by Crippen LogP contribution is -2.19. The van der Waals surface area contributed by atoms with E-state index in [1.807, 2.05) is 0 Å². The first-order valence-electron chi connectivity index (χ1n) is 7.44. The monoisotopic (exact) mass is 289 g/mol. The molecule has 5 nitrogen and oxygen atoms in total. The van der Waals surface area contributed by atoms with Crippen LogP contribution in [0.25, 0.3) is 11.4 Å². The predicted molar refractivity (Wildman–Crippen MR) is 78.7 cm³/mol. The van der Waals surface area contributed by atoms with Crippen LogP contribution in [0.4, 0.5) is 10.1 Å². The Labute approximate surface area is 123 Å². The number of rotatable bonds is 3. The smallest absolute Gasteiger partial charge is 0.182 e. The molecule has 2 unspecified atom stereocenters. The lowest BCUT2D eigenvalue weighted by molar-refractivity contribution is 0.249. The first-order chi connectivity index (χ1) is 10.1. The summed E-state index contributed by atoms with van der Waals surface area (Å²) in [7, 11) is 0. The van der Waals surface area contributed by atoms with Crippen molar-refractivity contribution in [1.29, 1.82) is 0 Å². The van der Waals surface area contributed by atoms with Gasteiger partial charge in [-0.2, -0.15) is 0 Å². The number of hydrogen-bond donors (Lipinski definition) is 1. The van der Waals surface area contributed by atoms with E-state index in [4.69, 9.17) is 5.73 Å². The maximum Gasteiger partial charge on any atom is 0.182 e. The van der Waals surface area contributed by atoms with E-state index in [1.54, 1.807) is 10.7 Å². The van der Waals surface area contributed by atoms with Crippen LogP contribution in [-0.4, -0.2) is 20.2 Å². The van der Waals surface area contributed by atoms with Gasteiger partial charge in [-0.25, -0.2) is 9.07 Å². The maximum atomic E-state index is 13.5. The summed E-state index contributed by atoms with van der Waals surface area (Å²) in [5.41, 5.74) is 6.71. The zero-order valence-corrected chi connectivity index (χ0v) is 12.2. The molecule has 1 aliphatic rings. The number of benzene rings is 1. The fourth-order valence-corrected chi connectivity index (χ4v) is 3.25. The topological polar surface area (TPSA) is 69.6 Å². The Bertz CT molecular complexity index is 604. The Kier molecular flexibility index (Phi) is 3.86. The molecule has 2 aromatic rings. The summed E-state index contributed by atoms with van der Waals surface area (Å²) in [6.07, 6.45) is 4.97. The highest BCUT2D eigenvalue weighted by atomic mass is 19.1. The minimum absolute atomic E-state index is 0.370. The van der Waals surface area contributed by atoms with Crippen LogP contribution in [0.5, 0.6) is 0 Å². The highest BCUT2D eigenvalue weighted by Gasteiger charge is 2.21. The number of nitrogens with zero attached hydrogens (tertiary/aromatic N) is 4. The van der Waals surface area contributed by atoms with Crippen LogP contribution in [0.2, 0.25) is 0 Å². The highest BCUT2D eigenvalue weighted by Crippen LogP contribution is 2.30. The molecule has 0 saturated heterocycles. The minimum atomic E-state index is -0.370. The fourth-order valence-electron chi connectivity index (χ4n) is 3.25. The van der Waals surface area contributed by atoms with Crippen molar-refractivity contribution in [2.45, 2.75) is 39.2 Å². The van der Waals surface area contributed by atoms with Gasteiger partial charge in [0.05, 0.1) is 0 Å². The van der Waals surface area contributed by atoms with E-state index in [-0.39, 0.29) is 5.82 Å². The SMILES string of the molecule is CC1CCCC(Cn2nnnc2-c2cc(N)cc(F)c2)C1. The van der Waals surface area contributed by atoms with Crippen LogP contribution in [0.1, 0.15) is 32.6 Å². The van der Waals surface area contributed by atoms with Crippen molar-refractivity contribution in [3.05, 3.63) is 24.0 Å². The van der Waals surface area contributed by atoms with E-state index in [9.17, 15) is 4.39 Å². The summed E-state index contributed by atoms with van der Waals surface area (Å²) < 4.78 is 15.3. The zero-order valence-electron chi connectivity index (χ0n) is 12.2. The van der Waals surface area contributed by atoms with E-state index in [1.165, 1.54) is 37.8 Å². The number of nitrogen functional groups attached to an aromatic ring is 1. The minimum Gasteiger partial charge on any atom is -0.399 e. The van der Waals surface area contributed by atoms with E-state index >= 15 is 0 Å². The fraction of sp³-hybridized carbons (Fsp3) is 0.533. The molecule has 3 rings (SSSR count). The average molecular weight is 289 g/mol. The molecule has 0 bridgehead atoms. The van der Waals surface area contributed by atoms with Crippen molar-refractivity contribution in [2.75, 3.05) is 5.73 Å². The normalized spacial score (nSPS) is 22.4. The summed E-state index contributed by atoms with van der Waals surface area (Å²) in [6, 6.07) is 4.41. The third-order valence-electron chi connectivity index (χ3n) is 4.19. The summed E-state index contributed by atoms with van der Waals surface area (Å²) >= 11 is 0.